The summed E-state index contributed by atoms with van der Waals surface area (Å²) in [7, 11) is 1.38. The number of carboxylic acid groups (broad SMARTS) is 1. The van der Waals surface area contributed by atoms with Gasteiger partial charge in [-0.05, 0) is 32.9 Å². The van der Waals surface area contributed by atoms with Crippen molar-refractivity contribution in [3.63, 3.8) is 0 Å². The summed E-state index contributed by atoms with van der Waals surface area (Å²) in [4.78, 5) is 26.9. The van der Waals surface area contributed by atoms with E-state index < -0.39 is 24.1 Å². The van der Waals surface area contributed by atoms with E-state index in [2.05, 4.69) is 9.99 Å². The molecule has 0 heterocycles. The summed E-state index contributed by atoms with van der Waals surface area (Å²) in [6.07, 6.45) is 1.37. The average Bonchev–Trinajstić information content (AvgIpc) is 2.48. The maximum absolute atomic E-state index is 11.6. The van der Waals surface area contributed by atoms with E-state index in [-0.39, 0.29) is 12.4 Å². The van der Waals surface area contributed by atoms with Crippen LogP contribution in [0.1, 0.15) is 26.3 Å². The molecule has 0 unspecified atom stereocenters. The number of aliphatic carboxylic acids is 1. The van der Waals surface area contributed by atoms with Gasteiger partial charge in [0.05, 0.1) is 6.21 Å². The highest BCUT2D eigenvalue weighted by atomic mass is 16.6. The summed E-state index contributed by atoms with van der Waals surface area (Å²) >= 11 is 0. The molecule has 8 heteroatoms. The molecule has 0 fully saturated rings. The molecule has 0 saturated carbocycles. The molecule has 0 amide bonds. The average molecular weight is 339 g/mol. The molecule has 1 aromatic carbocycles. The monoisotopic (exact) mass is 339 g/mol. The predicted octanol–water partition coefficient (Wildman–Crippen LogP) is 1.85. The van der Waals surface area contributed by atoms with E-state index in [1.807, 2.05) is 0 Å². The van der Waals surface area contributed by atoms with E-state index in [0.29, 0.717) is 11.3 Å². The Kier molecular flexibility index (Phi) is 7.03. The van der Waals surface area contributed by atoms with Crippen LogP contribution in [-0.2, 0) is 19.2 Å². The van der Waals surface area contributed by atoms with Crippen molar-refractivity contribution in [3.8, 4) is 11.5 Å². The second-order valence-electron chi connectivity index (χ2n) is 5.67. The smallest absolute Gasteiger partial charge is 0.344 e. The van der Waals surface area contributed by atoms with Crippen LogP contribution in [0.4, 0.5) is 0 Å². The lowest BCUT2D eigenvalue weighted by molar-refractivity contribution is -0.157. The Morgan fingerprint density at radius 2 is 1.92 bits per heavy atom. The Bertz CT molecular complexity index is 605. The summed E-state index contributed by atoms with van der Waals surface area (Å²) < 4.78 is 15.7. The molecule has 1 aromatic rings. The zero-order chi connectivity index (χ0) is 18.2. The zero-order valence-corrected chi connectivity index (χ0v) is 14.1. The van der Waals surface area contributed by atoms with Gasteiger partial charge in [-0.25, -0.2) is 9.59 Å². The SMILES string of the molecule is CO/N=C/c1ccc(OCC(=O)OC(C)(C)C)cc1OCC(=O)O. The number of oxime groups is 1. The van der Waals surface area contributed by atoms with E-state index in [1.54, 1.807) is 32.9 Å². The number of hydrogen-bond donors (Lipinski definition) is 1. The third kappa shape index (κ3) is 7.48. The molecule has 0 aromatic heterocycles. The van der Waals surface area contributed by atoms with E-state index >= 15 is 0 Å². The van der Waals surface area contributed by atoms with Gasteiger partial charge in [0.1, 0.15) is 24.2 Å². The highest BCUT2D eigenvalue weighted by Gasteiger charge is 2.17. The number of carbonyl (C=O) groups excluding carboxylic acids is 1. The fraction of sp³-hybridized carbons (Fsp3) is 0.438. The largest absolute Gasteiger partial charge is 0.482 e. The van der Waals surface area contributed by atoms with E-state index in [4.69, 9.17) is 19.3 Å². The van der Waals surface area contributed by atoms with Gasteiger partial charge in [0.15, 0.2) is 13.2 Å². The highest BCUT2D eigenvalue weighted by Crippen LogP contribution is 2.24. The first-order valence-corrected chi connectivity index (χ1v) is 7.11. The molecule has 0 radical (unpaired) electrons. The molecular weight excluding hydrogens is 318 g/mol. The minimum Gasteiger partial charge on any atom is -0.482 e. The van der Waals surface area contributed by atoms with Crippen molar-refractivity contribution < 1.29 is 33.7 Å². The summed E-state index contributed by atoms with van der Waals surface area (Å²) in [5, 5.41) is 12.3. The van der Waals surface area contributed by atoms with Crippen molar-refractivity contribution in [1.29, 1.82) is 0 Å². The number of carboxylic acids is 1. The second kappa shape index (κ2) is 8.76. The number of carbonyl (C=O) groups is 2. The minimum absolute atomic E-state index is 0.236. The molecule has 132 valence electrons. The van der Waals surface area contributed by atoms with Crippen LogP contribution in [-0.4, -0.2) is 49.2 Å². The Balaban J connectivity index is 2.81. The maximum atomic E-state index is 11.6. The predicted molar refractivity (Wildman–Crippen MR) is 85.5 cm³/mol. The molecule has 0 atom stereocenters. The Labute approximate surface area is 140 Å². The molecular formula is C16H21NO7. The summed E-state index contributed by atoms with van der Waals surface area (Å²) in [6, 6.07) is 4.66. The van der Waals surface area contributed by atoms with E-state index in [1.165, 1.54) is 19.4 Å². The van der Waals surface area contributed by atoms with Crippen LogP contribution in [0.5, 0.6) is 11.5 Å². The quantitative estimate of drug-likeness (QED) is 0.438. The molecule has 8 nitrogen and oxygen atoms in total. The summed E-state index contributed by atoms with van der Waals surface area (Å²) in [5.41, 5.74) is -0.0980. The van der Waals surface area contributed by atoms with E-state index in [9.17, 15) is 9.59 Å². The van der Waals surface area contributed by atoms with Crippen molar-refractivity contribution in [3.05, 3.63) is 23.8 Å². The van der Waals surface area contributed by atoms with Crippen LogP contribution >= 0.6 is 0 Å². The number of hydrogen-bond acceptors (Lipinski definition) is 7. The van der Waals surface area contributed by atoms with Gasteiger partial charge in [-0.1, -0.05) is 5.16 Å². The molecule has 0 aliphatic rings. The van der Waals surface area contributed by atoms with Gasteiger partial charge in [-0.3, -0.25) is 0 Å². The van der Waals surface area contributed by atoms with Crippen molar-refractivity contribution in [2.75, 3.05) is 20.3 Å². The maximum Gasteiger partial charge on any atom is 0.344 e. The molecule has 0 saturated heterocycles. The summed E-state index contributed by atoms with van der Waals surface area (Å²) in [5.74, 6) is -1.07. The lowest BCUT2D eigenvalue weighted by atomic mass is 10.2. The molecule has 0 aliphatic heterocycles. The lowest BCUT2D eigenvalue weighted by Gasteiger charge is -2.19. The van der Waals surface area contributed by atoms with Crippen LogP contribution in [0.25, 0.3) is 0 Å². The zero-order valence-electron chi connectivity index (χ0n) is 14.1. The first-order valence-electron chi connectivity index (χ1n) is 7.11. The standard InChI is InChI=1S/C16H21NO7/c1-16(2,3)24-15(20)10-22-12-6-5-11(8-17-21-4)13(7-12)23-9-14(18)19/h5-8H,9-10H2,1-4H3,(H,18,19)/b17-8+. The van der Waals surface area contributed by atoms with Crippen LogP contribution in [0.3, 0.4) is 0 Å². The highest BCUT2D eigenvalue weighted by molar-refractivity contribution is 5.84. The molecule has 0 bridgehead atoms. The second-order valence-corrected chi connectivity index (χ2v) is 5.67. The topological polar surface area (TPSA) is 104 Å². The van der Waals surface area contributed by atoms with Crippen LogP contribution < -0.4 is 9.47 Å². The third-order valence-corrected chi connectivity index (χ3v) is 2.41. The van der Waals surface area contributed by atoms with Crippen LogP contribution in [0.2, 0.25) is 0 Å². The van der Waals surface area contributed by atoms with Gasteiger partial charge in [-0.15, -0.1) is 0 Å². The van der Waals surface area contributed by atoms with Gasteiger partial charge in [0, 0.05) is 11.6 Å². The first-order chi connectivity index (χ1) is 11.2. The van der Waals surface area contributed by atoms with Gasteiger partial charge in [0.25, 0.3) is 0 Å². The first kappa shape index (κ1) is 19.3. The Hall–Kier alpha value is -2.77. The third-order valence-electron chi connectivity index (χ3n) is 2.41. The normalized spacial score (nSPS) is 11.2. The van der Waals surface area contributed by atoms with Crippen molar-refractivity contribution >= 4 is 18.2 Å². The Morgan fingerprint density at radius 3 is 2.50 bits per heavy atom. The molecule has 24 heavy (non-hydrogen) atoms. The van der Waals surface area contributed by atoms with Crippen molar-refractivity contribution in [1.82, 2.24) is 0 Å². The molecule has 0 aliphatic carbocycles. The fourth-order valence-corrected chi connectivity index (χ4v) is 1.60. The number of ether oxygens (including phenoxy) is 3. The van der Waals surface area contributed by atoms with Gasteiger partial charge in [-0.2, -0.15) is 0 Å². The van der Waals surface area contributed by atoms with Crippen molar-refractivity contribution in [2.45, 2.75) is 26.4 Å². The number of esters is 1. The number of rotatable bonds is 8. The fourth-order valence-electron chi connectivity index (χ4n) is 1.60. The minimum atomic E-state index is -1.12. The summed E-state index contributed by atoms with van der Waals surface area (Å²) in [6.45, 7) is 4.47. The molecule has 1 rings (SSSR count). The van der Waals surface area contributed by atoms with Gasteiger partial charge in [0.2, 0.25) is 0 Å². The van der Waals surface area contributed by atoms with E-state index in [0.717, 1.165) is 0 Å². The van der Waals surface area contributed by atoms with Gasteiger partial charge < -0.3 is 24.2 Å². The lowest BCUT2D eigenvalue weighted by Crippen LogP contribution is -2.27. The van der Waals surface area contributed by atoms with Crippen molar-refractivity contribution in [2.24, 2.45) is 5.16 Å². The van der Waals surface area contributed by atoms with Gasteiger partial charge >= 0.3 is 11.9 Å². The Morgan fingerprint density at radius 1 is 1.21 bits per heavy atom. The van der Waals surface area contributed by atoms with Crippen LogP contribution in [0.15, 0.2) is 23.4 Å². The molecule has 0 spiro atoms. The number of benzene rings is 1. The number of nitrogens with zero attached hydrogens (tertiary/aromatic N) is 1. The molecule has 1 N–H and O–H groups in total. The van der Waals surface area contributed by atoms with Crippen LogP contribution in [0, 0.1) is 0 Å².